The molecule has 0 bridgehead atoms. The summed E-state index contributed by atoms with van der Waals surface area (Å²) in [4.78, 5) is 16.6. The highest BCUT2D eigenvalue weighted by atomic mass is 32.2. The zero-order valence-corrected chi connectivity index (χ0v) is 18.8. The highest BCUT2D eigenvalue weighted by Crippen LogP contribution is 2.32. The molecule has 0 saturated heterocycles. The molecule has 0 aliphatic carbocycles. The van der Waals surface area contributed by atoms with Crippen molar-refractivity contribution in [3.63, 3.8) is 0 Å². The topological polar surface area (TPSA) is 127 Å². The summed E-state index contributed by atoms with van der Waals surface area (Å²) >= 11 is 0. The van der Waals surface area contributed by atoms with Gasteiger partial charge in [-0.05, 0) is 23.3 Å². The van der Waals surface area contributed by atoms with E-state index in [2.05, 4.69) is 15.2 Å². The first-order valence-electron chi connectivity index (χ1n) is 10.2. The van der Waals surface area contributed by atoms with Gasteiger partial charge in [0.25, 0.3) is 15.5 Å². The Balaban J connectivity index is 1.82. The maximum absolute atomic E-state index is 13.6. The summed E-state index contributed by atoms with van der Waals surface area (Å²) in [7, 11) is -3.92. The molecule has 0 unspecified atom stereocenters. The van der Waals surface area contributed by atoms with Crippen LogP contribution in [0.1, 0.15) is 17.0 Å². The van der Waals surface area contributed by atoms with Gasteiger partial charge in [0.1, 0.15) is 11.9 Å². The number of halogens is 1. The Morgan fingerprint density at radius 3 is 2.47 bits per heavy atom. The SMILES string of the molecule is CS(=O)(=O)O[C@@H](Cn1ccnc1-c1n[nH]cc(O)c1=O)[C@H](c1ccccc1)c1ccc(F)cc1. The van der Waals surface area contributed by atoms with Gasteiger partial charge in [0.2, 0.25) is 0 Å². The molecule has 0 aliphatic heterocycles. The number of benzene rings is 2. The van der Waals surface area contributed by atoms with E-state index in [1.807, 2.05) is 30.3 Å². The first kappa shape index (κ1) is 23.3. The highest BCUT2D eigenvalue weighted by Gasteiger charge is 2.30. The fraction of sp³-hybridized carbons (Fsp3) is 0.174. The van der Waals surface area contributed by atoms with Gasteiger partial charge in [-0.15, -0.1) is 0 Å². The van der Waals surface area contributed by atoms with Crippen molar-refractivity contribution in [1.82, 2.24) is 19.7 Å². The molecular formula is C23H21FN4O5S. The van der Waals surface area contributed by atoms with E-state index < -0.39 is 39.1 Å². The van der Waals surface area contributed by atoms with E-state index in [9.17, 15) is 22.7 Å². The molecule has 0 aliphatic rings. The van der Waals surface area contributed by atoms with Gasteiger partial charge in [0, 0.05) is 18.3 Å². The van der Waals surface area contributed by atoms with Crippen LogP contribution >= 0.6 is 0 Å². The van der Waals surface area contributed by atoms with Crippen molar-refractivity contribution < 1.29 is 22.1 Å². The predicted octanol–water partition coefficient (Wildman–Crippen LogP) is 2.66. The number of nitrogens with one attached hydrogen (secondary N) is 1. The highest BCUT2D eigenvalue weighted by molar-refractivity contribution is 7.86. The number of imidazole rings is 1. The molecule has 2 heterocycles. The van der Waals surface area contributed by atoms with Gasteiger partial charge < -0.3 is 9.67 Å². The van der Waals surface area contributed by atoms with Crippen molar-refractivity contribution in [3.8, 4) is 17.3 Å². The van der Waals surface area contributed by atoms with Crippen LogP contribution in [-0.4, -0.2) is 45.6 Å². The van der Waals surface area contributed by atoms with Gasteiger partial charge >= 0.3 is 0 Å². The predicted molar refractivity (Wildman–Crippen MR) is 122 cm³/mol. The van der Waals surface area contributed by atoms with Crippen LogP contribution in [0.5, 0.6) is 5.75 Å². The van der Waals surface area contributed by atoms with Crippen molar-refractivity contribution in [3.05, 3.63) is 100 Å². The summed E-state index contributed by atoms with van der Waals surface area (Å²) in [5.41, 5.74) is 0.514. The van der Waals surface area contributed by atoms with Crippen LogP contribution in [0.2, 0.25) is 0 Å². The van der Waals surface area contributed by atoms with Gasteiger partial charge in [0.15, 0.2) is 17.3 Å². The summed E-state index contributed by atoms with van der Waals surface area (Å²) in [6.07, 6.45) is 3.98. The van der Waals surface area contributed by atoms with Gasteiger partial charge in [-0.3, -0.25) is 14.1 Å². The third kappa shape index (κ3) is 5.21. The van der Waals surface area contributed by atoms with E-state index in [0.717, 1.165) is 18.0 Å². The standard InChI is InChI=1S/C23H21FN4O5S/c1-34(31,32)33-19(14-28-12-11-25-23(28)21-22(30)18(29)13-26-27-21)20(15-5-3-2-4-6-15)16-7-9-17(24)10-8-16/h2-13,19-20H,14H2,1H3,(H,26,30)(H,27,29)/t19-,20+/m0/s1. The lowest BCUT2D eigenvalue weighted by Gasteiger charge is -2.28. The third-order valence-electron chi connectivity index (χ3n) is 5.19. The normalized spacial score (nSPS) is 13.5. The number of nitrogens with zero attached hydrogens (tertiary/aromatic N) is 3. The van der Waals surface area contributed by atoms with Crippen LogP contribution in [0.4, 0.5) is 4.39 Å². The number of aromatic amines is 1. The molecule has 34 heavy (non-hydrogen) atoms. The Morgan fingerprint density at radius 2 is 1.79 bits per heavy atom. The van der Waals surface area contributed by atoms with Crippen molar-refractivity contribution >= 4 is 10.1 Å². The first-order chi connectivity index (χ1) is 16.2. The van der Waals surface area contributed by atoms with Gasteiger partial charge in [0.05, 0.1) is 19.0 Å². The maximum Gasteiger partial charge on any atom is 0.264 e. The van der Waals surface area contributed by atoms with Crippen LogP contribution in [-0.2, 0) is 20.8 Å². The Morgan fingerprint density at radius 1 is 1.12 bits per heavy atom. The van der Waals surface area contributed by atoms with E-state index >= 15 is 0 Å². The fourth-order valence-electron chi connectivity index (χ4n) is 3.78. The smallest absolute Gasteiger partial charge is 0.264 e. The lowest BCUT2D eigenvalue weighted by Crippen LogP contribution is -2.31. The van der Waals surface area contributed by atoms with Gasteiger partial charge in [-0.2, -0.15) is 13.5 Å². The Hall–Kier alpha value is -3.83. The van der Waals surface area contributed by atoms with E-state index in [1.54, 1.807) is 18.3 Å². The van der Waals surface area contributed by atoms with Crippen molar-refractivity contribution in [2.24, 2.45) is 0 Å². The zero-order valence-electron chi connectivity index (χ0n) is 18.0. The number of rotatable bonds is 8. The lowest BCUT2D eigenvalue weighted by molar-refractivity contribution is 0.172. The molecule has 11 heteroatoms. The first-order valence-corrected chi connectivity index (χ1v) is 12.0. The summed E-state index contributed by atoms with van der Waals surface area (Å²) in [5.74, 6) is -1.45. The van der Waals surface area contributed by atoms with Crippen LogP contribution < -0.4 is 5.43 Å². The molecule has 176 valence electrons. The average molecular weight is 485 g/mol. The third-order valence-corrected chi connectivity index (χ3v) is 5.78. The molecule has 2 atom stereocenters. The second kappa shape index (κ2) is 9.57. The quantitative estimate of drug-likeness (QED) is 0.368. The van der Waals surface area contributed by atoms with Crippen LogP contribution in [0.3, 0.4) is 0 Å². The number of aromatic nitrogens is 4. The molecule has 0 amide bonds. The minimum atomic E-state index is -3.92. The zero-order chi connectivity index (χ0) is 24.3. The number of hydrogen-bond donors (Lipinski definition) is 2. The van der Waals surface area contributed by atoms with Crippen LogP contribution in [0, 0.1) is 5.82 Å². The van der Waals surface area contributed by atoms with Crippen LogP contribution in [0.25, 0.3) is 11.5 Å². The van der Waals surface area contributed by atoms with E-state index in [-0.39, 0.29) is 18.1 Å². The molecule has 2 N–H and O–H groups in total. The second-order valence-corrected chi connectivity index (χ2v) is 9.23. The summed E-state index contributed by atoms with van der Waals surface area (Å²) in [6, 6.07) is 14.8. The molecule has 0 fully saturated rings. The average Bonchev–Trinajstić information content (AvgIpc) is 3.24. The Kier molecular flexibility index (Phi) is 6.57. The number of aromatic hydroxyl groups is 1. The number of hydrogen-bond acceptors (Lipinski definition) is 7. The summed E-state index contributed by atoms with van der Waals surface area (Å²) in [5, 5.41) is 16.1. The fourth-order valence-corrected chi connectivity index (χ4v) is 4.40. The molecule has 2 aromatic carbocycles. The summed E-state index contributed by atoms with van der Waals surface area (Å²) < 4.78 is 45.2. The monoisotopic (exact) mass is 484 g/mol. The maximum atomic E-state index is 13.6. The number of H-pyrrole nitrogens is 1. The Labute approximate surface area is 194 Å². The minimum absolute atomic E-state index is 0.0455. The molecule has 0 saturated carbocycles. The molecule has 4 rings (SSSR count). The summed E-state index contributed by atoms with van der Waals surface area (Å²) in [6.45, 7) is -0.0455. The van der Waals surface area contributed by atoms with Crippen molar-refractivity contribution in [1.29, 1.82) is 0 Å². The molecule has 2 aromatic heterocycles. The van der Waals surface area contributed by atoms with Crippen molar-refractivity contribution in [2.45, 2.75) is 18.6 Å². The second-order valence-electron chi connectivity index (χ2n) is 7.63. The Bertz CT molecular complexity index is 1440. The van der Waals surface area contributed by atoms with Crippen LogP contribution in [0.15, 0.2) is 78.0 Å². The molecule has 9 nitrogen and oxygen atoms in total. The molecule has 0 spiro atoms. The van der Waals surface area contributed by atoms with E-state index in [4.69, 9.17) is 4.18 Å². The lowest BCUT2D eigenvalue weighted by atomic mass is 9.86. The molecular weight excluding hydrogens is 463 g/mol. The van der Waals surface area contributed by atoms with E-state index in [1.165, 1.54) is 22.9 Å². The van der Waals surface area contributed by atoms with Gasteiger partial charge in [-0.1, -0.05) is 42.5 Å². The van der Waals surface area contributed by atoms with Gasteiger partial charge in [-0.25, -0.2) is 9.37 Å². The molecule has 4 aromatic rings. The van der Waals surface area contributed by atoms with E-state index in [0.29, 0.717) is 5.56 Å². The largest absolute Gasteiger partial charge is 0.503 e. The van der Waals surface area contributed by atoms with Crippen molar-refractivity contribution in [2.75, 3.05) is 6.26 Å². The molecule has 0 radical (unpaired) electrons. The minimum Gasteiger partial charge on any atom is -0.503 e.